The maximum atomic E-state index is 10.0. The summed E-state index contributed by atoms with van der Waals surface area (Å²) < 4.78 is 0. The summed E-state index contributed by atoms with van der Waals surface area (Å²) in [5.74, 6) is -1.72. The molecule has 0 aromatic heterocycles. The minimum absolute atomic E-state index is 0.802. The van der Waals surface area contributed by atoms with Crippen LogP contribution in [0.15, 0.2) is 0 Å². The van der Waals surface area contributed by atoms with Gasteiger partial charge in [-0.3, -0.25) is 0 Å². The van der Waals surface area contributed by atoms with Crippen molar-refractivity contribution in [1.82, 2.24) is 0 Å². The van der Waals surface area contributed by atoms with Gasteiger partial charge in [-0.15, -0.1) is 0 Å². The molecule has 0 bridgehead atoms. The highest BCUT2D eigenvalue weighted by atomic mass is 16.5. The van der Waals surface area contributed by atoms with Gasteiger partial charge in [0.25, 0.3) is 0 Å². The van der Waals surface area contributed by atoms with E-state index in [1.54, 1.807) is 0 Å². The molecule has 0 saturated carbocycles. The molecule has 6 nitrogen and oxygen atoms in total. The van der Waals surface area contributed by atoms with Crippen LogP contribution in [-0.2, 0) is 4.79 Å². The normalized spacial score (nSPS) is 19.5. The number of carbonyl (C=O) groups is 1. The summed E-state index contributed by atoms with van der Waals surface area (Å²) in [7, 11) is 0. The predicted octanol–water partition coefficient (Wildman–Crippen LogP) is -2.51. The van der Waals surface area contributed by atoms with E-state index in [1.165, 1.54) is 0 Å². The minimum Gasteiger partial charge on any atom is -0.479 e. The molecule has 0 saturated heterocycles. The highest BCUT2D eigenvalue weighted by Gasteiger charge is 2.41. The zero-order valence-corrected chi connectivity index (χ0v) is 5.80. The second-order valence-corrected chi connectivity index (χ2v) is 2.34. The molecule has 0 rings (SSSR count). The Morgan fingerprint density at radius 2 is 1.73 bits per heavy atom. The fraction of sp³-hybridized carbons (Fsp3) is 0.800. The third-order valence-corrected chi connectivity index (χ3v) is 1.31. The van der Waals surface area contributed by atoms with E-state index in [2.05, 4.69) is 0 Å². The molecule has 0 aliphatic rings. The van der Waals surface area contributed by atoms with Gasteiger partial charge in [0.15, 0.2) is 12.4 Å². The second kappa shape index (κ2) is 3.14. The smallest absolute Gasteiger partial charge is 0.335 e. The Bertz CT molecular complexity index is 151. The Morgan fingerprint density at radius 3 is 1.82 bits per heavy atom. The van der Waals surface area contributed by atoms with Gasteiger partial charge in [-0.2, -0.15) is 0 Å². The van der Waals surface area contributed by atoms with Crippen molar-refractivity contribution in [2.75, 3.05) is 0 Å². The lowest BCUT2D eigenvalue weighted by Crippen LogP contribution is -2.53. The maximum absolute atomic E-state index is 10.0. The monoisotopic (exact) mass is 166 g/mol. The molecule has 5 N–H and O–H groups in total. The van der Waals surface area contributed by atoms with Crippen LogP contribution in [0.4, 0.5) is 0 Å². The zero-order valence-electron chi connectivity index (χ0n) is 5.80. The Kier molecular flexibility index (Phi) is 2.94. The lowest BCUT2D eigenvalue weighted by atomic mass is 9.99. The number of carboxylic acids is 1. The van der Waals surface area contributed by atoms with Gasteiger partial charge in [0.1, 0.15) is 5.60 Å². The zero-order chi connectivity index (χ0) is 9.23. The molecular weight excluding hydrogens is 156 g/mol. The molecule has 0 spiro atoms. The van der Waals surface area contributed by atoms with Crippen LogP contribution < -0.4 is 0 Å². The molecule has 2 atom stereocenters. The van der Waals surface area contributed by atoms with Crippen molar-refractivity contribution < 1.29 is 30.3 Å². The van der Waals surface area contributed by atoms with Gasteiger partial charge >= 0.3 is 5.97 Å². The molecule has 0 aromatic carbocycles. The third kappa shape index (κ3) is 2.12. The van der Waals surface area contributed by atoms with Crippen molar-refractivity contribution in [3.8, 4) is 0 Å². The van der Waals surface area contributed by atoms with Crippen molar-refractivity contribution in [3.63, 3.8) is 0 Å². The summed E-state index contributed by atoms with van der Waals surface area (Å²) in [6, 6.07) is 0. The van der Waals surface area contributed by atoms with Crippen LogP contribution in [0.3, 0.4) is 0 Å². The molecule has 6 heteroatoms. The molecule has 0 aliphatic heterocycles. The summed E-state index contributed by atoms with van der Waals surface area (Å²) in [6.07, 6.45) is -4.52. The van der Waals surface area contributed by atoms with Gasteiger partial charge < -0.3 is 25.5 Å². The first-order chi connectivity index (χ1) is 4.80. The van der Waals surface area contributed by atoms with Crippen LogP contribution in [0.1, 0.15) is 6.92 Å². The van der Waals surface area contributed by atoms with Gasteiger partial charge in [0.2, 0.25) is 0 Å². The topological polar surface area (TPSA) is 118 Å². The van der Waals surface area contributed by atoms with E-state index in [4.69, 9.17) is 25.5 Å². The van der Waals surface area contributed by atoms with Crippen molar-refractivity contribution in [2.45, 2.75) is 24.9 Å². The molecule has 0 aromatic rings. The average molecular weight is 166 g/mol. The molecule has 0 heterocycles. The van der Waals surface area contributed by atoms with Gasteiger partial charge in [-0.05, 0) is 6.92 Å². The average Bonchev–Trinajstić information content (AvgIpc) is 1.85. The van der Waals surface area contributed by atoms with Gasteiger partial charge in [-0.25, -0.2) is 4.79 Å². The number of aliphatic carboxylic acids is 1. The molecular formula is C5H10O6. The van der Waals surface area contributed by atoms with Crippen molar-refractivity contribution in [2.24, 2.45) is 0 Å². The van der Waals surface area contributed by atoms with Gasteiger partial charge in [0, 0.05) is 0 Å². The van der Waals surface area contributed by atoms with Crippen LogP contribution in [0.5, 0.6) is 0 Å². The van der Waals surface area contributed by atoms with E-state index in [9.17, 15) is 4.79 Å². The van der Waals surface area contributed by atoms with E-state index in [-0.39, 0.29) is 0 Å². The quantitative estimate of drug-likeness (QED) is 0.295. The predicted molar refractivity (Wildman–Crippen MR) is 32.5 cm³/mol. The first kappa shape index (κ1) is 10.3. The third-order valence-electron chi connectivity index (χ3n) is 1.31. The number of hydrogen-bond donors (Lipinski definition) is 5. The Hall–Kier alpha value is -0.690. The van der Waals surface area contributed by atoms with E-state index >= 15 is 0 Å². The van der Waals surface area contributed by atoms with E-state index in [0.29, 0.717) is 0 Å². The molecule has 0 aliphatic carbocycles. The number of rotatable bonds is 3. The molecule has 0 fully saturated rings. The largest absolute Gasteiger partial charge is 0.479 e. The number of hydrogen-bond acceptors (Lipinski definition) is 5. The second-order valence-electron chi connectivity index (χ2n) is 2.34. The minimum atomic E-state index is -2.45. The number of aliphatic hydroxyl groups excluding tert-OH is 2. The van der Waals surface area contributed by atoms with Crippen LogP contribution in [0.2, 0.25) is 0 Å². The summed E-state index contributed by atoms with van der Waals surface area (Å²) in [4.78, 5) is 10.0. The Labute approximate surface area is 62.3 Å². The van der Waals surface area contributed by atoms with E-state index < -0.39 is 24.0 Å². The molecule has 0 amide bonds. The summed E-state index contributed by atoms with van der Waals surface area (Å²) in [5.41, 5.74) is -2.45. The van der Waals surface area contributed by atoms with Crippen molar-refractivity contribution in [3.05, 3.63) is 0 Å². The lowest BCUT2D eigenvalue weighted by molar-refractivity contribution is -0.221. The van der Waals surface area contributed by atoms with Gasteiger partial charge in [0.05, 0.1) is 0 Å². The van der Waals surface area contributed by atoms with Crippen molar-refractivity contribution in [1.29, 1.82) is 0 Å². The van der Waals surface area contributed by atoms with Crippen LogP contribution >= 0.6 is 0 Å². The highest BCUT2D eigenvalue weighted by Crippen LogP contribution is 2.13. The number of carboxylic acid groups (broad SMARTS) is 1. The van der Waals surface area contributed by atoms with Crippen LogP contribution in [0, 0.1) is 0 Å². The Balaban J connectivity index is 4.41. The first-order valence-corrected chi connectivity index (χ1v) is 2.79. The Morgan fingerprint density at radius 1 is 1.36 bits per heavy atom. The summed E-state index contributed by atoms with van der Waals surface area (Å²) in [5, 5.41) is 42.5. The summed E-state index contributed by atoms with van der Waals surface area (Å²) >= 11 is 0. The SMILES string of the molecule is CC(O)(C(O)O)C(O)C(=O)O. The molecule has 0 radical (unpaired) electrons. The van der Waals surface area contributed by atoms with E-state index in [1.807, 2.05) is 0 Å². The first-order valence-electron chi connectivity index (χ1n) is 2.79. The van der Waals surface area contributed by atoms with Crippen LogP contribution in [-0.4, -0.2) is 49.5 Å². The van der Waals surface area contributed by atoms with E-state index in [0.717, 1.165) is 6.92 Å². The summed E-state index contributed by atoms with van der Waals surface area (Å²) in [6.45, 7) is 0.802. The number of aliphatic hydroxyl groups is 4. The van der Waals surface area contributed by atoms with Crippen molar-refractivity contribution >= 4 is 5.97 Å². The molecule has 11 heavy (non-hydrogen) atoms. The fourth-order valence-electron chi connectivity index (χ4n) is 0.391. The highest BCUT2D eigenvalue weighted by molar-refractivity contribution is 5.73. The molecule has 66 valence electrons. The maximum Gasteiger partial charge on any atom is 0.335 e. The lowest BCUT2D eigenvalue weighted by Gasteiger charge is -2.27. The fourth-order valence-corrected chi connectivity index (χ4v) is 0.391. The molecule has 2 unspecified atom stereocenters. The van der Waals surface area contributed by atoms with Crippen LogP contribution in [0.25, 0.3) is 0 Å². The standard InChI is InChI=1S/C5H10O6/c1-5(11,4(9)10)2(6)3(7)8/h2,4,6,9-11H,1H3,(H,7,8). The van der Waals surface area contributed by atoms with Gasteiger partial charge in [-0.1, -0.05) is 0 Å².